The maximum atomic E-state index is 12.6. The number of ketones is 1. The second-order valence-corrected chi connectivity index (χ2v) is 8.42. The topological polar surface area (TPSA) is 89.9 Å². The number of carbonyl (C=O) groups is 3. The number of carbonyl (C=O) groups excluding carboxylic acids is 3. The molecule has 0 bridgehead atoms. The molecule has 2 aliphatic rings. The molecule has 0 spiro atoms. The lowest BCUT2D eigenvalue weighted by atomic mass is 9.73. The summed E-state index contributed by atoms with van der Waals surface area (Å²) in [5.41, 5.74) is -1.54. The third kappa shape index (κ3) is 4.49. The summed E-state index contributed by atoms with van der Waals surface area (Å²) < 4.78 is 11.2. The van der Waals surface area contributed by atoms with Crippen molar-refractivity contribution in [1.29, 1.82) is 0 Å². The van der Waals surface area contributed by atoms with Crippen LogP contribution < -0.4 is 0 Å². The molecular weight excluding hydrogens is 348 g/mol. The fraction of sp³-hybridized carbons (Fsp3) is 0.667. The van der Waals surface area contributed by atoms with Crippen molar-refractivity contribution in [3.8, 4) is 0 Å². The third-order valence-electron chi connectivity index (χ3n) is 5.58. The van der Waals surface area contributed by atoms with Crippen LogP contribution in [0.4, 0.5) is 0 Å². The van der Waals surface area contributed by atoms with Gasteiger partial charge in [-0.2, -0.15) is 0 Å². The molecule has 0 radical (unpaired) electrons. The number of allylic oxidation sites excluding steroid dienone is 1. The standard InChI is InChI=1S/C21H30O6/c1-11(2)9-17(23)27-19-14(5)21(6,25)16(22)8-7-12(3)10-15-18(19)13(4)20(24)26-15/h7-8,11-12,14-15,18-19,25H,4,9-10H2,1-3,5-6H3/b8-7-. The van der Waals surface area contributed by atoms with E-state index in [1.807, 2.05) is 20.8 Å². The zero-order valence-corrected chi connectivity index (χ0v) is 16.7. The smallest absolute Gasteiger partial charge is 0.334 e. The molecule has 0 aromatic carbocycles. The maximum Gasteiger partial charge on any atom is 0.334 e. The van der Waals surface area contributed by atoms with Crippen LogP contribution >= 0.6 is 0 Å². The highest BCUT2D eigenvalue weighted by atomic mass is 16.6. The SMILES string of the molecule is C=C1C(=O)OC2CC(C)/C=C\C(=O)C(C)(O)C(C)C(OC(=O)CC(C)C)C12. The molecule has 6 heteroatoms. The van der Waals surface area contributed by atoms with Crippen LogP contribution in [0.25, 0.3) is 0 Å². The number of ether oxygens (including phenoxy) is 2. The van der Waals surface area contributed by atoms with Crippen molar-refractivity contribution in [2.75, 3.05) is 0 Å². The van der Waals surface area contributed by atoms with Crippen molar-refractivity contribution in [2.45, 2.75) is 65.3 Å². The van der Waals surface area contributed by atoms with E-state index in [2.05, 4.69) is 6.58 Å². The zero-order valence-electron chi connectivity index (χ0n) is 16.7. The van der Waals surface area contributed by atoms with Crippen molar-refractivity contribution < 1.29 is 29.0 Å². The van der Waals surface area contributed by atoms with Gasteiger partial charge in [0.05, 0.1) is 5.92 Å². The molecule has 0 aromatic heterocycles. The molecule has 150 valence electrons. The van der Waals surface area contributed by atoms with E-state index >= 15 is 0 Å². The first-order valence-corrected chi connectivity index (χ1v) is 9.49. The van der Waals surface area contributed by atoms with Crippen LogP contribution in [-0.2, 0) is 23.9 Å². The predicted molar refractivity (Wildman–Crippen MR) is 99.6 cm³/mol. The van der Waals surface area contributed by atoms with Gasteiger partial charge in [-0.25, -0.2) is 4.79 Å². The summed E-state index contributed by atoms with van der Waals surface area (Å²) in [5, 5.41) is 10.9. The first kappa shape index (κ1) is 21.4. The van der Waals surface area contributed by atoms with Gasteiger partial charge in [0.25, 0.3) is 0 Å². The van der Waals surface area contributed by atoms with Gasteiger partial charge in [0, 0.05) is 17.9 Å². The van der Waals surface area contributed by atoms with Crippen molar-refractivity contribution in [3.05, 3.63) is 24.3 Å². The molecule has 1 aliphatic carbocycles. The number of rotatable bonds is 3. The van der Waals surface area contributed by atoms with Gasteiger partial charge in [0.1, 0.15) is 17.8 Å². The summed E-state index contributed by atoms with van der Waals surface area (Å²) >= 11 is 0. The summed E-state index contributed by atoms with van der Waals surface area (Å²) in [7, 11) is 0. The highest BCUT2D eigenvalue weighted by Gasteiger charge is 2.52. The molecule has 27 heavy (non-hydrogen) atoms. The van der Waals surface area contributed by atoms with Crippen molar-refractivity contribution in [3.63, 3.8) is 0 Å². The van der Waals surface area contributed by atoms with Crippen LogP contribution in [0.3, 0.4) is 0 Å². The van der Waals surface area contributed by atoms with Crippen LogP contribution in [0.1, 0.15) is 47.5 Å². The first-order chi connectivity index (χ1) is 12.4. The fourth-order valence-electron chi connectivity index (χ4n) is 3.68. The van der Waals surface area contributed by atoms with E-state index in [-0.39, 0.29) is 23.8 Å². The van der Waals surface area contributed by atoms with E-state index in [1.54, 1.807) is 13.0 Å². The molecule has 0 aromatic rings. The summed E-state index contributed by atoms with van der Waals surface area (Å²) in [5.74, 6) is -2.73. The highest BCUT2D eigenvalue weighted by Crippen LogP contribution is 2.41. The summed E-state index contributed by atoms with van der Waals surface area (Å²) in [6.07, 6.45) is 2.34. The minimum atomic E-state index is -1.76. The monoisotopic (exact) mass is 378 g/mol. The van der Waals surface area contributed by atoms with Gasteiger partial charge in [-0.05, 0) is 31.3 Å². The van der Waals surface area contributed by atoms with Gasteiger partial charge in [-0.3, -0.25) is 9.59 Å². The number of hydrogen-bond donors (Lipinski definition) is 1. The summed E-state index contributed by atoms with van der Waals surface area (Å²) in [6.45, 7) is 12.6. The van der Waals surface area contributed by atoms with Crippen LogP contribution in [-0.4, -0.2) is 40.6 Å². The molecule has 1 saturated heterocycles. The molecule has 1 heterocycles. The lowest BCUT2D eigenvalue weighted by molar-refractivity contribution is -0.168. The van der Waals surface area contributed by atoms with Gasteiger partial charge in [0.15, 0.2) is 5.78 Å². The maximum absolute atomic E-state index is 12.6. The number of fused-ring (bicyclic) bond motifs is 1. The summed E-state index contributed by atoms with van der Waals surface area (Å²) in [6, 6.07) is 0. The molecule has 0 saturated carbocycles. The second kappa shape index (κ2) is 7.97. The van der Waals surface area contributed by atoms with Gasteiger partial charge >= 0.3 is 11.9 Å². The Balaban J connectivity index is 2.48. The quantitative estimate of drug-likeness (QED) is 0.600. The molecule has 1 N–H and O–H groups in total. The lowest BCUT2D eigenvalue weighted by Gasteiger charge is -2.38. The van der Waals surface area contributed by atoms with Crippen molar-refractivity contribution >= 4 is 17.7 Å². The Bertz CT molecular complexity index is 660. The van der Waals surface area contributed by atoms with E-state index < -0.39 is 47.4 Å². The predicted octanol–water partition coefficient (Wildman–Crippen LogP) is 2.59. The highest BCUT2D eigenvalue weighted by molar-refractivity contribution is 5.97. The molecular formula is C21H30O6. The molecule has 1 fully saturated rings. The summed E-state index contributed by atoms with van der Waals surface area (Å²) in [4.78, 5) is 37.1. The van der Waals surface area contributed by atoms with Crippen LogP contribution in [0.2, 0.25) is 0 Å². The Morgan fingerprint density at radius 1 is 1.41 bits per heavy atom. The van der Waals surface area contributed by atoms with E-state index in [1.165, 1.54) is 13.0 Å². The number of aliphatic hydroxyl groups is 1. The molecule has 6 unspecified atom stereocenters. The lowest BCUT2D eigenvalue weighted by Crippen LogP contribution is -2.51. The van der Waals surface area contributed by atoms with Crippen LogP contribution in [0.5, 0.6) is 0 Å². The average Bonchev–Trinajstić information content (AvgIpc) is 2.82. The van der Waals surface area contributed by atoms with E-state index in [9.17, 15) is 19.5 Å². The van der Waals surface area contributed by atoms with Crippen molar-refractivity contribution in [1.82, 2.24) is 0 Å². The van der Waals surface area contributed by atoms with Crippen LogP contribution in [0, 0.1) is 23.7 Å². The molecule has 6 atom stereocenters. The van der Waals surface area contributed by atoms with Gasteiger partial charge in [-0.15, -0.1) is 0 Å². The van der Waals surface area contributed by atoms with Gasteiger partial charge in [-0.1, -0.05) is 40.3 Å². The van der Waals surface area contributed by atoms with Crippen LogP contribution in [0.15, 0.2) is 24.3 Å². The van der Waals surface area contributed by atoms with E-state index in [0.717, 1.165) is 0 Å². The zero-order chi connectivity index (χ0) is 20.5. The Kier molecular flexibility index (Phi) is 6.30. The largest absolute Gasteiger partial charge is 0.461 e. The minimum Gasteiger partial charge on any atom is -0.461 e. The second-order valence-electron chi connectivity index (χ2n) is 8.42. The molecule has 1 aliphatic heterocycles. The van der Waals surface area contributed by atoms with E-state index in [0.29, 0.717) is 6.42 Å². The molecule has 2 rings (SSSR count). The molecule has 0 amide bonds. The Labute approximate surface area is 160 Å². The normalized spacial score (nSPS) is 38.3. The average molecular weight is 378 g/mol. The van der Waals surface area contributed by atoms with Gasteiger partial charge < -0.3 is 14.6 Å². The van der Waals surface area contributed by atoms with Crippen molar-refractivity contribution in [2.24, 2.45) is 23.7 Å². The minimum absolute atomic E-state index is 0.0589. The first-order valence-electron chi connectivity index (χ1n) is 9.49. The van der Waals surface area contributed by atoms with Gasteiger partial charge in [0.2, 0.25) is 0 Å². The van der Waals surface area contributed by atoms with E-state index in [4.69, 9.17) is 9.47 Å². The number of hydrogen-bond acceptors (Lipinski definition) is 6. The Hall–Kier alpha value is -1.95. The number of esters is 2. The third-order valence-corrected chi connectivity index (χ3v) is 5.58. The Morgan fingerprint density at radius 3 is 2.63 bits per heavy atom. The molecule has 6 nitrogen and oxygen atoms in total. The fourth-order valence-corrected chi connectivity index (χ4v) is 3.68. The Morgan fingerprint density at radius 2 is 2.04 bits per heavy atom.